The van der Waals surface area contributed by atoms with Crippen LogP contribution in [-0.2, 0) is 24.3 Å². The van der Waals surface area contributed by atoms with Gasteiger partial charge in [-0.3, -0.25) is 10.1 Å². The van der Waals surface area contributed by atoms with Gasteiger partial charge >= 0.3 is 6.09 Å². The van der Waals surface area contributed by atoms with Gasteiger partial charge in [0.15, 0.2) is 5.01 Å². The Kier molecular flexibility index (Phi) is 7.23. The summed E-state index contributed by atoms with van der Waals surface area (Å²) < 4.78 is 24.2. The highest BCUT2D eigenvalue weighted by Crippen LogP contribution is 2.27. The number of hydrogen-bond donors (Lipinski definition) is 1. The zero-order valence-electron chi connectivity index (χ0n) is 19.4. The molecule has 1 aliphatic heterocycles. The lowest BCUT2D eigenvalue weighted by Gasteiger charge is -2.31. The molecule has 0 fully saturated rings. The van der Waals surface area contributed by atoms with Gasteiger partial charge in [0.25, 0.3) is 5.91 Å². The van der Waals surface area contributed by atoms with E-state index in [0.717, 1.165) is 17.2 Å². The van der Waals surface area contributed by atoms with Crippen molar-refractivity contribution >= 4 is 40.1 Å². The molecule has 0 radical (unpaired) electrons. The Hall–Kier alpha value is -3.24. The predicted octanol–water partition coefficient (Wildman–Crippen LogP) is 5.46. The summed E-state index contributed by atoms with van der Waals surface area (Å²) in [5, 5.41) is 11.7. The molecular weight excluding hydrogens is 495 g/mol. The Morgan fingerprint density at radius 1 is 1.17 bits per heavy atom. The van der Waals surface area contributed by atoms with Crippen molar-refractivity contribution in [2.75, 3.05) is 11.9 Å². The summed E-state index contributed by atoms with van der Waals surface area (Å²) in [5.74, 6) is -0.438. The third kappa shape index (κ3) is 6.46. The van der Waals surface area contributed by atoms with Crippen LogP contribution in [0.15, 0.2) is 36.4 Å². The summed E-state index contributed by atoms with van der Waals surface area (Å²) in [7, 11) is 0. The van der Waals surface area contributed by atoms with Gasteiger partial charge < -0.3 is 14.4 Å². The molecule has 0 bridgehead atoms. The van der Waals surface area contributed by atoms with E-state index in [2.05, 4.69) is 15.5 Å². The van der Waals surface area contributed by atoms with Gasteiger partial charge in [-0.1, -0.05) is 29.0 Å². The molecule has 0 atom stereocenters. The molecule has 3 aromatic rings. The largest absolute Gasteiger partial charge is 0.485 e. The van der Waals surface area contributed by atoms with Gasteiger partial charge in [0.1, 0.15) is 23.8 Å². The first kappa shape index (κ1) is 24.9. The van der Waals surface area contributed by atoms with E-state index in [1.54, 1.807) is 11.0 Å². The van der Waals surface area contributed by atoms with E-state index >= 15 is 0 Å². The fourth-order valence-electron chi connectivity index (χ4n) is 3.44. The Bertz CT molecular complexity index is 1260. The lowest BCUT2D eigenvalue weighted by Crippen LogP contribution is -2.39. The van der Waals surface area contributed by atoms with Gasteiger partial charge in [-0.25, -0.2) is 9.18 Å². The fourth-order valence-corrected chi connectivity index (χ4v) is 4.31. The molecule has 0 aliphatic carbocycles. The minimum atomic E-state index is -0.552. The maximum Gasteiger partial charge on any atom is 0.410 e. The predicted molar refractivity (Wildman–Crippen MR) is 130 cm³/mol. The number of carbonyl (C=O) groups is 2. The van der Waals surface area contributed by atoms with Gasteiger partial charge in [-0.2, -0.15) is 0 Å². The molecule has 1 aliphatic rings. The number of rotatable bonds is 5. The molecular formula is C24H24ClFN4O4S. The highest BCUT2D eigenvalue weighted by atomic mass is 35.5. The van der Waals surface area contributed by atoms with Crippen LogP contribution in [-0.4, -0.2) is 39.2 Å². The van der Waals surface area contributed by atoms with Gasteiger partial charge in [0.05, 0.1) is 5.02 Å². The lowest BCUT2D eigenvalue weighted by atomic mass is 9.97. The Morgan fingerprint density at radius 3 is 2.71 bits per heavy atom. The molecule has 35 heavy (non-hydrogen) atoms. The summed E-state index contributed by atoms with van der Waals surface area (Å²) in [6, 6.07) is 9.25. The van der Waals surface area contributed by atoms with E-state index in [9.17, 15) is 14.0 Å². The second kappa shape index (κ2) is 10.2. The standard InChI is InChI=1S/C24H24ClFN4O4S/c1-24(2,3)34-23(32)30-9-8-14-10-15(4-5-16(14)12-30)21(31)27-22-29-28-20(35-22)13-33-19-7-6-17(26)11-18(19)25/h4-7,10-11H,8-9,12-13H2,1-3H3,(H,27,29,31). The van der Waals surface area contributed by atoms with Crippen LogP contribution in [0.4, 0.5) is 14.3 Å². The average molecular weight is 519 g/mol. The molecule has 1 aromatic heterocycles. The van der Waals surface area contributed by atoms with Gasteiger partial charge in [-0.05, 0) is 68.7 Å². The van der Waals surface area contributed by atoms with Crippen molar-refractivity contribution in [1.29, 1.82) is 0 Å². The second-order valence-electron chi connectivity index (χ2n) is 8.95. The molecule has 0 spiro atoms. The SMILES string of the molecule is CC(C)(C)OC(=O)N1CCc2cc(C(=O)Nc3nnc(COc4ccc(F)cc4Cl)s3)ccc2C1. The number of benzene rings is 2. The summed E-state index contributed by atoms with van der Waals surface area (Å²) in [4.78, 5) is 26.8. The van der Waals surface area contributed by atoms with Crippen molar-refractivity contribution in [2.24, 2.45) is 0 Å². The summed E-state index contributed by atoms with van der Waals surface area (Å²) in [5.41, 5.74) is 1.93. The quantitative estimate of drug-likeness (QED) is 0.482. The van der Waals surface area contributed by atoms with Crippen molar-refractivity contribution < 1.29 is 23.5 Å². The second-order valence-corrected chi connectivity index (χ2v) is 10.4. The lowest BCUT2D eigenvalue weighted by molar-refractivity contribution is 0.0224. The zero-order chi connectivity index (χ0) is 25.2. The molecule has 0 saturated heterocycles. The van der Waals surface area contributed by atoms with Gasteiger partial charge in [0.2, 0.25) is 5.13 Å². The van der Waals surface area contributed by atoms with E-state index in [1.165, 1.54) is 23.5 Å². The average Bonchev–Trinajstić information content (AvgIpc) is 3.23. The van der Waals surface area contributed by atoms with Crippen molar-refractivity contribution in [1.82, 2.24) is 15.1 Å². The summed E-state index contributed by atoms with van der Waals surface area (Å²) in [6.07, 6.45) is 0.282. The maximum absolute atomic E-state index is 13.2. The number of aromatic nitrogens is 2. The first-order chi connectivity index (χ1) is 16.6. The summed E-state index contributed by atoms with van der Waals surface area (Å²) >= 11 is 7.12. The topological polar surface area (TPSA) is 93.7 Å². The van der Waals surface area contributed by atoms with Crippen LogP contribution in [0.5, 0.6) is 5.75 Å². The number of fused-ring (bicyclic) bond motifs is 1. The number of hydrogen-bond acceptors (Lipinski definition) is 7. The molecule has 184 valence electrons. The molecule has 8 nitrogen and oxygen atoms in total. The number of amides is 2. The minimum absolute atomic E-state index is 0.0753. The monoisotopic (exact) mass is 518 g/mol. The molecule has 11 heteroatoms. The van der Waals surface area contributed by atoms with Crippen LogP contribution in [0.25, 0.3) is 0 Å². The van der Waals surface area contributed by atoms with Crippen LogP contribution in [0, 0.1) is 5.82 Å². The Balaban J connectivity index is 1.35. The molecule has 1 N–H and O–H groups in total. The van der Waals surface area contributed by atoms with Crippen molar-refractivity contribution in [3.63, 3.8) is 0 Å². The third-order valence-corrected chi connectivity index (χ3v) is 6.17. The first-order valence-electron chi connectivity index (χ1n) is 10.9. The molecule has 4 rings (SSSR count). The van der Waals surface area contributed by atoms with E-state index in [1.807, 2.05) is 32.9 Å². The summed E-state index contributed by atoms with van der Waals surface area (Å²) in [6.45, 7) is 6.54. The third-order valence-electron chi connectivity index (χ3n) is 5.06. The smallest absolute Gasteiger partial charge is 0.410 e. The van der Waals surface area contributed by atoms with E-state index in [0.29, 0.717) is 41.0 Å². The molecule has 2 aromatic carbocycles. The minimum Gasteiger partial charge on any atom is -0.485 e. The van der Waals surface area contributed by atoms with Crippen LogP contribution < -0.4 is 10.1 Å². The Morgan fingerprint density at radius 2 is 1.97 bits per heavy atom. The highest BCUT2D eigenvalue weighted by molar-refractivity contribution is 7.15. The number of nitrogens with one attached hydrogen (secondary N) is 1. The first-order valence-corrected chi connectivity index (χ1v) is 12.1. The number of nitrogens with zero attached hydrogens (tertiary/aromatic N) is 3. The number of halogens is 2. The maximum atomic E-state index is 13.2. The normalized spacial score (nSPS) is 13.2. The number of ether oxygens (including phenoxy) is 2. The van der Waals surface area contributed by atoms with Crippen molar-refractivity contribution in [2.45, 2.75) is 45.9 Å². The highest BCUT2D eigenvalue weighted by Gasteiger charge is 2.26. The molecule has 0 unspecified atom stereocenters. The van der Waals surface area contributed by atoms with Crippen molar-refractivity contribution in [3.8, 4) is 5.75 Å². The van der Waals surface area contributed by atoms with Crippen LogP contribution >= 0.6 is 22.9 Å². The van der Waals surface area contributed by atoms with Crippen LogP contribution in [0.1, 0.15) is 47.3 Å². The van der Waals surface area contributed by atoms with E-state index in [4.69, 9.17) is 21.1 Å². The number of anilines is 1. The number of carbonyl (C=O) groups excluding carboxylic acids is 2. The molecule has 2 amide bonds. The van der Waals surface area contributed by atoms with Gasteiger partial charge in [0, 0.05) is 18.7 Å². The van der Waals surface area contributed by atoms with Crippen LogP contribution in [0.3, 0.4) is 0 Å². The zero-order valence-corrected chi connectivity index (χ0v) is 21.0. The van der Waals surface area contributed by atoms with Gasteiger partial charge in [-0.15, -0.1) is 10.2 Å². The van der Waals surface area contributed by atoms with E-state index < -0.39 is 11.4 Å². The van der Waals surface area contributed by atoms with Crippen molar-refractivity contribution in [3.05, 3.63) is 68.9 Å². The Labute approximate surface area is 211 Å². The fraction of sp³-hybridized carbons (Fsp3) is 0.333. The van der Waals surface area contributed by atoms with E-state index in [-0.39, 0.29) is 23.6 Å². The molecule has 2 heterocycles. The molecule has 0 saturated carbocycles. The van der Waals surface area contributed by atoms with Crippen LogP contribution in [0.2, 0.25) is 5.02 Å².